The van der Waals surface area contributed by atoms with Crippen LogP contribution in [0.5, 0.6) is 0 Å². The monoisotopic (exact) mass is 517 g/mol. The quantitative estimate of drug-likeness (QED) is 0.442. The number of carbonyl (C=O) groups excluding carboxylic acids is 3. The fourth-order valence-corrected chi connectivity index (χ4v) is 3.67. The molecule has 37 heavy (non-hydrogen) atoms. The summed E-state index contributed by atoms with van der Waals surface area (Å²) in [4.78, 5) is 48.0. The molecule has 0 aliphatic heterocycles. The van der Waals surface area contributed by atoms with E-state index in [9.17, 15) is 19.5 Å². The van der Waals surface area contributed by atoms with Crippen LogP contribution in [0.3, 0.4) is 0 Å². The van der Waals surface area contributed by atoms with Gasteiger partial charge in [-0.05, 0) is 59.9 Å². The zero-order valence-corrected chi connectivity index (χ0v) is 23.3. The lowest BCUT2D eigenvalue weighted by molar-refractivity contribution is -0.118. The number of amides is 2. The third-order valence-corrected chi connectivity index (χ3v) is 5.04. The first-order valence-corrected chi connectivity index (χ1v) is 12.2. The van der Waals surface area contributed by atoms with Crippen LogP contribution in [0.4, 0.5) is 9.59 Å². The topological polar surface area (TPSA) is 136 Å². The molecule has 2 rings (SSSR count). The zero-order chi connectivity index (χ0) is 28.2. The maximum atomic E-state index is 13.2. The minimum absolute atomic E-state index is 0.00946. The third-order valence-electron chi connectivity index (χ3n) is 5.04. The van der Waals surface area contributed by atoms with Crippen LogP contribution >= 0.6 is 0 Å². The van der Waals surface area contributed by atoms with Crippen molar-refractivity contribution < 1.29 is 29.0 Å². The van der Waals surface area contributed by atoms with Crippen LogP contribution in [0, 0.1) is 5.41 Å². The number of hydrogen-bond donors (Lipinski definition) is 1. The summed E-state index contributed by atoms with van der Waals surface area (Å²) in [5, 5.41) is 14.6. The van der Waals surface area contributed by atoms with Crippen LogP contribution in [0.15, 0.2) is 39.8 Å². The molecule has 1 aromatic heterocycles. The van der Waals surface area contributed by atoms with Crippen molar-refractivity contribution in [2.24, 2.45) is 15.4 Å². The summed E-state index contributed by atoms with van der Waals surface area (Å²) in [5.74, 6) is -0.295. The number of allylic oxidation sites excluding steroid dienone is 2. The summed E-state index contributed by atoms with van der Waals surface area (Å²) < 4.78 is 12.1. The Morgan fingerprint density at radius 2 is 1.76 bits per heavy atom. The van der Waals surface area contributed by atoms with Gasteiger partial charge in [-0.15, -0.1) is 4.99 Å². The number of ketones is 1. The van der Waals surface area contributed by atoms with E-state index in [0.29, 0.717) is 18.6 Å². The van der Waals surface area contributed by atoms with Crippen LogP contribution in [0.1, 0.15) is 75.2 Å². The van der Waals surface area contributed by atoms with E-state index < -0.39 is 23.4 Å². The largest absolute Gasteiger partial charge is 0.511 e. The van der Waals surface area contributed by atoms with Crippen LogP contribution in [0.2, 0.25) is 0 Å². The molecule has 1 aliphatic rings. The van der Waals surface area contributed by atoms with E-state index in [1.165, 1.54) is 17.1 Å². The van der Waals surface area contributed by atoms with Gasteiger partial charge in [0.15, 0.2) is 5.78 Å². The Labute approximate surface area is 218 Å². The van der Waals surface area contributed by atoms with E-state index in [-0.39, 0.29) is 41.6 Å². The number of rotatable bonds is 4. The number of hydrogen-bond acceptors (Lipinski definition) is 8. The molecule has 1 N–H and O–H groups in total. The maximum Gasteiger partial charge on any atom is 0.437 e. The highest BCUT2D eigenvalue weighted by Crippen LogP contribution is 2.36. The summed E-state index contributed by atoms with van der Waals surface area (Å²) in [6.07, 6.45) is 2.01. The Morgan fingerprint density at radius 3 is 2.27 bits per heavy atom. The molecule has 0 spiro atoms. The van der Waals surface area contributed by atoms with Crippen LogP contribution in [0.25, 0.3) is 0 Å². The zero-order valence-electron chi connectivity index (χ0n) is 23.3. The van der Waals surface area contributed by atoms with E-state index in [1.54, 1.807) is 54.5 Å². The van der Waals surface area contributed by atoms with Gasteiger partial charge in [0.05, 0.1) is 18.7 Å². The third kappa shape index (κ3) is 9.14. The van der Waals surface area contributed by atoms with Crippen molar-refractivity contribution in [2.45, 2.75) is 86.4 Å². The highest BCUT2D eigenvalue weighted by atomic mass is 16.6. The summed E-state index contributed by atoms with van der Waals surface area (Å²) in [6.45, 7) is 15.7. The van der Waals surface area contributed by atoms with Gasteiger partial charge in [0.2, 0.25) is 5.96 Å². The minimum Gasteiger partial charge on any atom is -0.511 e. The van der Waals surface area contributed by atoms with Gasteiger partial charge in [-0.1, -0.05) is 13.8 Å². The van der Waals surface area contributed by atoms with Crippen LogP contribution < -0.4 is 0 Å². The number of carbonyl (C=O) groups is 3. The molecule has 11 heteroatoms. The fourth-order valence-electron chi connectivity index (χ4n) is 3.67. The predicted octanol–water partition coefficient (Wildman–Crippen LogP) is 4.92. The molecule has 1 aliphatic carbocycles. The molecule has 0 atom stereocenters. The molecule has 0 fully saturated rings. The van der Waals surface area contributed by atoms with Crippen LogP contribution in [-0.4, -0.2) is 73.7 Å². The van der Waals surface area contributed by atoms with Gasteiger partial charge >= 0.3 is 12.2 Å². The average molecular weight is 518 g/mol. The smallest absolute Gasteiger partial charge is 0.437 e. The first-order valence-electron chi connectivity index (χ1n) is 12.2. The molecule has 11 nitrogen and oxygen atoms in total. The molecule has 2 amide bonds. The van der Waals surface area contributed by atoms with Gasteiger partial charge in [0.1, 0.15) is 17.0 Å². The van der Waals surface area contributed by atoms with Gasteiger partial charge in [-0.25, -0.2) is 19.2 Å². The Balaban J connectivity index is 2.41. The maximum absolute atomic E-state index is 13.2. The Morgan fingerprint density at radius 1 is 1.14 bits per heavy atom. The van der Waals surface area contributed by atoms with Gasteiger partial charge in [-0.2, -0.15) is 5.10 Å². The first kappa shape index (κ1) is 29.7. The van der Waals surface area contributed by atoms with Gasteiger partial charge < -0.3 is 14.6 Å². The standard InChI is InChI=1S/C26H39N5O6/c1-17(20-18(32)15-26(8,9)16-19(20)33)27-12-14-30(23(35)37-25(5,6)7)21(31-13-10-11-28-31)29-22(34)36-24(2,3)4/h10-11,13,32H,12,14-16H2,1-9H3/b27-17?,29-21+. The van der Waals surface area contributed by atoms with Gasteiger partial charge in [0.25, 0.3) is 0 Å². The number of Topliss-reactive ketones (excluding diaryl/α,β-unsaturated/α-hetero) is 1. The fraction of sp³-hybridized carbons (Fsp3) is 0.615. The number of nitrogens with zero attached hydrogens (tertiary/aromatic N) is 5. The number of aliphatic imine (C=N–C) groups is 2. The summed E-state index contributed by atoms with van der Waals surface area (Å²) in [7, 11) is 0. The van der Waals surface area contributed by atoms with E-state index in [2.05, 4.69) is 15.1 Å². The van der Waals surface area contributed by atoms with E-state index in [0.717, 1.165) is 4.90 Å². The average Bonchev–Trinajstić information content (AvgIpc) is 3.20. The molecule has 204 valence electrons. The van der Waals surface area contributed by atoms with Crippen molar-refractivity contribution in [3.05, 3.63) is 29.8 Å². The molecular formula is C26H39N5O6. The molecule has 0 unspecified atom stereocenters. The second-order valence-electron chi connectivity index (χ2n) is 11.7. The first-order chi connectivity index (χ1) is 16.9. The molecule has 0 saturated heterocycles. The summed E-state index contributed by atoms with van der Waals surface area (Å²) in [5.41, 5.74) is -1.38. The molecule has 1 heterocycles. The van der Waals surface area contributed by atoms with Crippen molar-refractivity contribution in [1.29, 1.82) is 0 Å². The molecule has 0 saturated carbocycles. The highest BCUT2D eigenvalue weighted by molar-refractivity contribution is 6.22. The Hall–Kier alpha value is -3.50. The van der Waals surface area contributed by atoms with E-state index in [1.807, 2.05) is 13.8 Å². The van der Waals surface area contributed by atoms with Crippen molar-refractivity contribution in [1.82, 2.24) is 14.7 Å². The lowest BCUT2D eigenvalue weighted by atomic mass is 9.76. The lowest BCUT2D eigenvalue weighted by Crippen LogP contribution is -2.46. The summed E-state index contributed by atoms with van der Waals surface area (Å²) in [6, 6.07) is 1.62. The molecule has 0 aromatic carbocycles. The number of aromatic nitrogens is 2. The number of ether oxygens (including phenoxy) is 2. The van der Waals surface area contributed by atoms with Crippen LogP contribution in [-0.2, 0) is 14.3 Å². The highest BCUT2D eigenvalue weighted by Gasteiger charge is 2.34. The normalized spacial score (nSPS) is 17.1. The van der Waals surface area contributed by atoms with E-state index >= 15 is 0 Å². The van der Waals surface area contributed by atoms with E-state index in [4.69, 9.17) is 9.47 Å². The SMILES string of the molecule is CC(=NCCN(C(=O)OC(C)(C)C)/C(=N\C(=O)OC(C)(C)C)n1cccn1)C1=C(O)CC(C)(C)CC1=O. The molecular weight excluding hydrogens is 478 g/mol. The predicted molar refractivity (Wildman–Crippen MR) is 140 cm³/mol. The van der Waals surface area contributed by atoms with Gasteiger partial charge in [-0.3, -0.25) is 9.79 Å². The van der Waals surface area contributed by atoms with Crippen molar-refractivity contribution in [3.8, 4) is 0 Å². The number of aliphatic hydroxyl groups is 1. The Kier molecular flexibility index (Phi) is 9.05. The van der Waals surface area contributed by atoms with Crippen molar-refractivity contribution in [2.75, 3.05) is 13.1 Å². The van der Waals surface area contributed by atoms with Crippen molar-refractivity contribution in [3.63, 3.8) is 0 Å². The second-order valence-corrected chi connectivity index (χ2v) is 11.7. The lowest BCUT2D eigenvalue weighted by Gasteiger charge is -2.29. The Bertz CT molecular complexity index is 1100. The number of aliphatic hydroxyl groups excluding tert-OH is 1. The molecule has 1 aromatic rings. The minimum atomic E-state index is -0.906. The van der Waals surface area contributed by atoms with Crippen molar-refractivity contribution >= 4 is 29.6 Å². The van der Waals surface area contributed by atoms with Gasteiger partial charge in [0, 0.05) is 30.9 Å². The molecule has 0 radical (unpaired) electrons. The molecule has 0 bridgehead atoms. The second kappa shape index (κ2) is 11.3. The summed E-state index contributed by atoms with van der Waals surface area (Å²) >= 11 is 0.